The van der Waals surface area contributed by atoms with Crippen LogP contribution < -0.4 is 4.90 Å². The molecule has 1 fully saturated rings. The summed E-state index contributed by atoms with van der Waals surface area (Å²) in [6.45, 7) is 1.84. The van der Waals surface area contributed by atoms with Crippen molar-refractivity contribution < 1.29 is 19.8 Å². The van der Waals surface area contributed by atoms with Crippen LogP contribution in [0.25, 0.3) is 5.76 Å². The third-order valence-corrected chi connectivity index (χ3v) is 5.54. The fraction of sp³-hybridized carbons (Fsp3) is 0.0833. The molecule has 3 aromatic carbocycles. The number of aromatic hydroxyl groups is 1. The molecule has 5 nitrogen and oxygen atoms in total. The maximum Gasteiger partial charge on any atom is 0.300 e. The second-order valence-electron chi connectivity index (χ2n) is 7.06. The first-order chi connectivity index (χ1) is 14.4. The maximum atomic E-state index is 13.0. The van der Waals surface area contributed by atoms with Crippen molar-refractivity contribution in [1.29, 1.82) is 0 Å². The number of Topliss-reactive ketones (excluding diaryl/α,β-unsaturated/α-hetero) is 1. The Labute approximate surface area is 178 Å². The van der Waals surface area contributed by atoms with Gasteiger partial charge in [0.05, 0.1) is 11.6 Å². The number of phenolic OH excluding ortho intramolecular Hbond substituents is 1. The summed E-state index contributed by atoms with van der Waals surface area (Å²) in [4.78, 5) is 27.4. The molecule has 3 aromatic rings. The number of hydrogen-bond donors (Lipinski definition) is 2. The minimum Gasteiger partial charge on any atom is -0.508 e. The third kappa shape index (κ3) is 3.33. The molecule has 4 rings (SSSR count). The number of halogens is 1. The van der Waals surface area contributed by atoms with E-state index >= 15 is 0 Å². The fourth-order valence-corrected chi connectivity index (χ4v) is 3.73. The van der Waals surface area contributed by atoms with Crippen LogP contribution in [-0.4, -0.2) is 21.9 Å². The van der Waals surface area contributed by atoms with E-state index in [1.807, 2.05) is 6.92 Å². The quantitative estimate of drug-likeness (QED) is 0.356. The van der Waals surface area contributed by atoms with E-state index in [1.165, 1.54) is 17.0 Å². The van der Waals surface area contributed by atoms with Gasteiger partial charge in [-0.05, 0) is 42.3 Å². The van der Waals surface area contributed by atoms with Crippen molar-refractivity contribution in [2.75, 3.05) is 4.90 Å². The SMILES string of the molecule is Cc1ccc(N2C(=O)C(=O)/C(=C(/O)c3ccccc3)C2c2ccc(O)cc2)cc1Cl. The highest BCUT2D eigenvalue weighted by molar-refractivity contribution is 6.51. The summed E-state index contributed by atoms with van der Waals surface area (Å²) in [6, 6.07) is 19.0. The van der Waals surface area contributed by atoms with Crippen LogP contribution in [0.4, 0.5) is 5.69 Å². The lowest BCUT2D eigenvalue weighted by Gasteiger charge is -2.26. The number of aliphatic hydroxyl groups is 1. The Bertz CT molecular complexity index is 1170. The molecule has 1 amide bonds. The van der Waals surface area contributed by atoms with Gasteiger partial charge in [0.2, 0.25) is 0 Å². The molecule has 1 heterocycles. The lowest BCUT2D eigenvalue weighted by Crippen LogP contribution is -2.29. The monoisotopic (exact) mass is 419 g/mol. The Hall–Kier alpha value is -3.57. The van der Waals surface area contributed by atoms with Crippen LogP contribution in [-0.2, 0) is 9.59 Å². The summed E-state index contributed by atoms with van der Waals surface area (Å²) in [7, 11) is 0. The number of ketones is 1. The number of amides is 1. The summed E-state index contributed by atoms with van der Waals surface area (Å²) in [5.74, 6) is -1.75. The molecular formula is C24H18ClNO4. The van der Waals surface area contributed by atoms with E-state index < -0.39 is 17.7 Å². The van der Waals surface area contributed by atoms with Crippen molar-refractivity contribution >= 4 is 34.7 Å². The predicted octanol–water partition coefficient (Wildman–Crippen LogP) is 4.98. The van der Waals surface area contributed by atoms with Crippen molar-refractivity contribution in [3.05, 3.63) is 100 Å². The average Bonchev–Trinajstić information content (AvgIpc) is 3.01. The summed E-state index contributed by atoms with van der Waals surface area (Å²) in [5, 5.41) is 21.1. The molecule has 1 aliphatic heterocycles. The highest BCUT2D eigenvalue weighted by atomic mass is 35.5. The molecule has 6 heteroatoms. The smallest absolute Gasteiger partial charge is 0.300 e. The van der Waals surface area contributed by atoms with Crippen LogP contribution in [0.2, 0.25) is 5.02 Å². The number of nitrogens with zero attached hydrogens (tertiary/aromatic N) is 1. The van der Waals surface area contributed by atoms with E-state index in [-0.39, 0.29) is 17.1 Å². The zero-order chi connectivity index (χ0) is 21.4. The summed E-state index contributed by atoms with van der Waals surface area (Å²) in [6.07, 6.45) is 0. The molecule has 0 radical (unpaired) electrons. The minimum absolute atomic E-state index is 0.0198. The molecule has 0 aromatic heterocycles. The van der Waals surface area contributed by atoms with Gasteiger partial charge in [-0.25, -0.2) is 0 Å². The molecule has 1 atom stereocenters. The van der Waals surface area contributed by atoms with Gasteiger partial charge in [0.25, 0.3) is 11.7 Å². The van der Waals surface area contributed by atoms with Crippen molar-refractivity contribution in [1.82, 2.24) is 0 Å². The summed E-state index contributed by atoms with van der Waals surface area (Å²) in [5.41, 5.74) is 2.26. The topological polar surface area (TPSA) is 77.8 Å². The number of carbonyl (C=O) groups excluding carboxylic acids is 2. The lowest BCUT2D eigenvalue weighted by molar-refractivity contribution is -0.132. The third-order valence-electron chi connectivity index (χ3n) is 5.13. The van der Waals surface area contributed by atoms with Crippen molar-refractivity contribution in [3.63, 3.8) is 0 Å². The predicted molar refractivity (Wildman–Crippen MR) is 116 cm³/mol. The number of hydrogen-bond acceptors (Lipinski definition) is 4. The molecular weight excluding hydrogens is 402 g/mol. The van der Waals surface area contributed by atoms with E-state index in [4.69, 9.17) is 11.6 Å². The second kappa shape index (κ2) is 7.69. The largest absolute Gasteiger partial charge is 0.508 e. The number of phenols is 1. The van der Waals surface area contributed by atoms with Crippen LogP contribution >= 0.6 is 11.6 Å². The molecule has 1 saturated heterocycles. The number of rotatable bonds is 3. The molecule has 0 spiro atoms. The zero-order valence-electron chi connectivity index (χ0n) is 16.0. The Morgan fingerprint density at radius 1 is 0.967 bits per heavy atom. The first-order valence-corrected chi connectivity index (χ1v) is 9.68. The normalized spacial score (nSPS) is 18.1. The number of anilines is 1. The van der Waals surface area contributed by atoms with Gasteiger partial charge < -0.3 is 10.2 Å². The molecule has 2 N–H and O–H groups in total. The van der Waals surface area contributed by atoms with E-state index in [0.29, 0.717) is 21.8 Å². The molecule has 0 bridgehead atoms. The average molecular weight is 420 g/mol. The minimum atomic E-state index is -0.871. The highest BCUT2D eigenvalue weighted by Crippen LogP contribution is 2.43. The zero-order valence-corrected chi connectivity index (χ0v) is 16.8. The second-order valence-corrected chi connectivity index (χ2v) is 7.47. The number of benzene rings is 3. The first-order valence-electron chi connectivity index (χ1n) is 9.30. The van der Waals surface area contributed by atoms with Crippen LogP contribution in [0.5, 0.6) is 5.75 Å². The van der Waals surface area contributed by atoms with Gasteiger partial charge in [-0.2, -0.15) is 0 Å². The highest BCUT2D eigenvalue weighted by Gasteiger charge is 2.47. The van der Waals surface area contributed by atoms with Gasteiger partial charge in [-0.15, -0.1) is 0 Å². The molecule has 1 unspecified atom stereocenters. The van der Waals surface area contributed by atoms with Crippen LogP contribution in [0.1, 0.15) is 22.7 Å². The number of aryl methyl sites for hydroxylation is 1. The van der Waals surface area contributed by atoms with Crippen molar-refractivity contribution in [3.8, 4) is 5.75 Å². The van der Waals surface area contributed by atoms with Crippen molar-refractivity contribution in [2.24, 2.45) is 0 Å². The molecule has 30 heavy (non-hydrogen) atoms. The van der Waals surface area contributed by atoms with E-state index in [9.17, 15) is 19.8 Å². The standard InChI is InChI=1S/C24H18ClNO4/c1-14-7-10-17(13-19(14)25)26-21(15-8-11-18(27)12-9-15)20(23(29)24(26)30)22(28)16-5-3-2-4-6-16/h2-13,21,27-28H,1H3/b22-20+. The van der Waals surface area contributed by atoms with E-state index in [2.05, 4.69) is 0 Å². The number of aliphatic hydroxyl groups excluding tert-OH is 1. The lowest BCUT2D eigenvalue weighted by atomic mass is 9.95. The summed E-state index contributed by atoms with van der Waals surface area (Å²) < 4.78 is 0. The van der Waals surface area contributed by atoms with Crippen molar-refractivity contribution in [2.45, 2.75) is 13.0 Å². The molecule has 1 aliphatic rings. The Balaban J connectivity index is 1.95. The Morgan fingerprint density at radius 3 is 2.27 bits per heavy atom. The fourth-order valence-electron chi connectivity index (χ4n) is 3.55. The van der Waals surface area contributed by atoms with E-state index in [1.54, 1.807) is 60.7 Å². The van der Waals surface area contributed by atoms with Crippen LogP contribution in [0.15, 0.2) is 78.4 Å². The number of carbonyl (C=O) groups is 2. The van der Waals surface area contributed by atoms with Gasteiger partial charge in [-0.1, -0.05) is 60.1 Å². The van der Waals surface area contributed by atoms with Crippen LogP contribution in [0, 0.1) is 6.92 Å². The Morgan fingerprint density at radius 2 is 1.63 bits per heavy atom. The molecule has 150 valence electrons. The first kappa shape index (κ1) is 19.7. The van der Waals surface area contributed by atoms with Crippen LogP contribution in [0.3, 0.4) is 0 Å². The van der Waals surface area contributed by atoms with Gasteiger partial charge in [0.15, 0.2) is 0 Å². The van der Waals surface area contributed by atoms with Gasteiger partial charge in [0.1, 0.15) is 11.5 Å². The van der Waals surface area contributed by atoms with Gasteiger partial charge in [-0.3, -0.25) is 14.5 Å². The van der Waals surface area contributed by atoms with Gasteiger partial charge in [0, 0.05) is 16.3 Å². The molecule has 0 saturated carbocycles. The van der Waals surface area contributed by atoms with Gasteiger partial charge >= 0.3 is 0 Å². The Kier molecular flexibility index (Phi) is 5.06. The summed E-state index contributed by atoms with van der Waals surface area (Å²) >= 11 is 6.27. The maximum absolute atomic E-state index is 13.0. The molecule has 0 aliphatic carbocycles. The van der Waals surface area contributed by atoms with E-state index in [0.717, 1.165) is 5.56 Å².